The number of aryl methyl sites for hydroxylation is 1. The standard InChI is InChI=1S/C23H32N4O4/c1-4-25-20-19(21(29)26(23(25)30)13-9-14-28)27(16-18-11-6-5-7-12-18)22(24-20)31-15-8-10-17(2)3/h5-7,11-12,17,28H,4,8-10,13-16H2,1-3H3. The topological polar surface area (TPSA) is 91.3 Å². The number of nitrogens with zero attached hydrogens (tertiary/aromatic N) is 4. The zero-order chi connectivity index (χ0) is 22.4. The Morgan fingerprint density at radius 1 is 1.06 bits per heavy atom. The van der Waals surface area contributed by atoms with Crippen molar-refractivity contribution < 1.29 is 9.84 Å². The van der Waals surface area contributed by atoms with Gasteiger partial charge < -0.3 is 9.84 Å². The van der Waals surface area contributed by atoms with Gasteiger partial charge in [0, 0.05) is 19.7 Å². The highest BCUT2D eigenvalue weighted by Gasteiger charge is 2.22. The number of imidazole rings is 1. The van der Waals surface area contributed by atoms with Gasteiger partial charge in [-0.1, -0.05) is 44.2 Å². The molecule has 3 aromatic rings. The molecule has 0 unspecified atom stereocenters. The lowest BCUT2D eigenvalue weighted by atomic mass is 10.1. The largest absolute Gasteiger partial charge is 0.465 e. The summed E-state index contributed by atoms with van der Waals surface area (Å²) in [5, 5.41) is 9.20. The van der Waals surface area contributed by atoms with Crippen LogP contribution in [0, 0.1) is 5.92 Å². The van der Waals surface area contributed by atoms with Gasteiger partial charge in [-0.2, -0.15) is 4.98 Å². The molecule has 0 saturated heterocycles. The number of ether oxygens (including phenoxy) is 1. The maximum absolute atomic E-state index is 13.3. The van der Waals surface area contributed by atoms with Gasteiger partial charge in [0.1, 0.15) is 0 Å². The first-order valence-corrected chi connectivity index (χ1v) is 11.0. The molecule has 0 atom stereocenters. The van der Waals surface area contributed by atoms with Gasteiger partial charge in [0.05, 0.1) is 13.2 Å². The predicted molar refractivity (Wildman–Crippen MR) is 121 cm³/mol. The van der Waals surface area contributed by atoms with Gasteiger partial charge in [0.15, 0.2) is 11.2 Å². The maximum Gasteiger partial charge on any atom is 0.332 e. The van der Waals surface area contributed by atoms with Crippen molar-refractivity contribution in [2.24, 2.45) is 5.92 Å². The van der Waals surface area contributed by atoms with Crippen LogP contribution in [0.4, 0.5) is 0 Å². The quantitative estimate of drug-likeness (QED) is 0.474. The monoisotopic (exact) mass is 428 g/mol. The summed E-state index contributed by atoms with van der Waals surface area (Å²) in [6, 6.07) is 10.1. The van der Waals surface area contributed by atoms with Crippen LogP contribution in [0.3, 0.4) is 0 Å². The van der Waals surface area contributed by atoms with E-state index in [9.17, 15) is 14.7 Å². The van der Waals surface area contributed by atoms with Crippen molar-refractivity contribution in [3.63, 3.8) is 0 Å². The Kier molecular flexibility index (Phi) is 7.68. The Morgan fingerprint density at radius 2 is 1.81 bits per heavy atom. The molecule has 31 heavy (non-hydrogen) atoms. The van der Waals surface area contributed by atoms with Crippen molar-refractivity contribution in [3.05, 3.63) is 56.7 Å². The van der Waals surface area contributed by atoms with Crippen LogP contribution in [0.15, 0.2) is 39.9 Å². The molecule has 1 aromatic carbocycles. The molecule has 0 aliphatic heterocycles. The van der Waals surface area contributed by atoms with Crippen molar-refractivity contribution in [2.45, 2.75) is 59.7 Å². The summed E-state index contributed by atoms with van der Waals surface area (Å²) in [7, 11) is 0. The summed E-state index contributed by atoms with van der Waals surface area (Å²) in [6.07, 6.45) is 2.25. The molecule has 0 spiro atoms. The number of aliphatic hydroxyl groups is 1. The van der Waals surface area contributed by atoms with E-state index in [2.05, 4.69) is 18.8 Å². The van der Waals surface area contributed by atoms with E-state index in [-0.39, 0.29) is 13.2 Å². The lowest BCUT2D eigenvalue weighted by Crippen LogP contribution is -2.40. The number of hydrogen-bond donors (Lipinski definition) is 1. The van der Waals surface area contributed by atoms with E-state index in [1.807, 2.05) is 37.3 Å². The third-order valence-corrected chi connectivity index (χ3v) is 5.28. The molecule has 0 amide bonds. The molecular formula is C23H32N4O4. The molecule has 0 aliphatic rings. The molecule has 0 aliphatic carbocycles. The van der Waals surface area contributed by atoms with E-state index in [1.165, 1.54) is 9.13 Å². The van der Waals surface area contributed by atoms with Crippen LogP contribution in [0.1, 0.15) is 45.6 Å². The van der Waals surface area contributed by atoms with Gasteiger partial charge in [0.25, 0.3) is 11.6 Å². The fourth-order valence-corrected chi connectivity index (χ4v) is 3.66. The Hall–Kier alpha value is -2.87. The van der Waals surface area contributed by atoms with Gasteiger partial charge in [-0.05, 0) is 37.7 Å². The zero-order valence-corrected chi connectivity index (χ0v) is 18.6. The van der Waals surface area contributed by atoms with Crippen molar-refractivity contribution in [1.82, 2.24) is 18.7 Å². The second kappa shape index (κ2) is 10.4. The molecule has 2 aromatic heterocycles. The van der Waals surface area contributed by atoms with E-state index in [0.29, 0.717) is 49.2 Å². The molecular weight excluding hydrogens is 396 g/mol. The Morgan fingerprint density at radius 3 is 2.45 bits per heavy atom. The number of aliphatic hydroxyl groups excluding tert-OH is 1. The van der Waals surface area contributed by atoms with Crippen LogP contribution in [-0.2, 0) is 19.6 Å². The van der Waals surface area contributed by atoms with Crippen molar-refractivity contribution in [3.8, 4) is 6.01 Å². The Labute approximate surface area is 181 Å². The van der Waals surface area contributed by atoms with Gasteiger partial charge in [-0.15, -0.1) is 0 Å². The fraction of sp³-hybridized carbons (Fsp3) is 0.522. The molecule has 1 N–H and O–H groups in total. The molecule has 8 heteroatoms. The summed E-state index contributed by atoms with van der Waals surface area (Å²) in [5.74, 6) is 0.579. The summed E-state index contributed by atoms with van der Waals surface area (Å²) >= 11 is 0. The average Bonchev–Trinajstić information content (AvgIpc) is 3.10. The lowest BCUT2D eigenvalue weighted by molar-refractivity contribution is 0.267. The Bertz CT molecular complexity index is 1110. The highest BCUT2D eigenvalue weighted by Crippen LogP contribution is 2.21. The summed E-state index contributed by atoms with van der Waals surface area (Å²) in [4.78, 5) is 30.8. The average molecular weight is 429 g/mol. The zero-order valence-electron chi connectivity index (χ0n) is 18.6. The number of fused-ring (bicyclic) bond motifs is 1. The first-order chi connectivity index (χ1) is 15.0. The van der Waals surface area contributed by atoms with E-state index in [1.54, 1.807) is 4.57 Å². The minimum atomic E-state index is -0.413. The number of benzene rings is 1. The minimum Gasteiger partial charge on any atom is -0.465 e. The maximum atomic E-state index is 13.3. The van der Waals surface area contributed by atoms with E-state index in [0.717, 1.165) is 18.4 Å². The Balaban J connectivity index is 2.14. The molecule has 0 saturated carbocycles. The van der Waals surface area contributed by atoms with Crippen LogP contribution in [0.2, 0.25) is 0 Å². The van der Waals surface area contributed by atoms with E-state index >= 15 is 0 Å². The molecule has 0 radical (unpaired) electrons. The van der Waals surface area contributed by atoms with Crippen LogP contribution < -0.4 is 16.0 Å². The second-order valence-electron chi connectivity index (χ2n) is 8.08. The molecule has 168 valence electrons. The van der Waals surface area contributed by atoms with Gasteiger partial charge in [-0.3, -0.25) is 18.5 Å². The van der Waals surface area contributed by atoms with Crippen LogP contribution in [0.25, 0.3) is 11.2 Å². The minimum absolute atomic E-state index is 0.0937. The first-order valence-electron chi connectivity index (χ1n) is 11.0. The van der Waals surface area contributed by atoms with E-state index < -0.39 is 11.2 Å². The van der Waals surface area contributed by atoms with Gasteiger partial charge in [-0.25, -0.2) is 4.79 Å². The molecule has 0 bridgehead atoms. The number of rotatable bonds is 11. The van der Waals surface area contributed by atoms with Crippen molar-refractivity contribution in [2.75, 3.05) is 13.2 Å². The molecule has 0 fully saturated rings. The van der Waals surface area contributed by atoms with Crippen LogP contribution in [-0.4, -0.2) is 37.0 Å². The number of aromatic nitrogens is 4. The van der Waals surface area contributed by atoms with Crippen molar-refractivity contribution >= 4 is 11.2 Å². The molecule has 2 heterocycles. The highest BCUT2D eigenvalue weighted by atomic mass is 16.5. The predicted octanol–water partition coefficient (Wildman–Crippen LogP) is 2.63. The second-order valence-corrected chi connectivity index (χ2v) is 8.08. The summed E-state index contributed by atoms with van der Waals surface area (Å²) in [6.45, 7) is 7.53. The van der Waals surface area contributed by atoms with Gasteiger partial charge >= 0.3 is 5.69 Å². The lowest BCUT2D eigenvalue weighted by Gasteiger charge is -2.12. The number of hydrogen-bond acceptors (Lipinski definition) is 5. The van der Waals surface area contributed by atoms with Gasteiger partial charge in [0.2, 0.25) is 0 Å². The summed E-state index contributed by atoms with van der Waals surface area (Å²) in [5.41, 5.74) is 0.877. The SMILES string of the molecule is CCn1c(=O)n(CCCO)c(=O)c2c1nc(OCCCC(C)C)n2Cc1ccccc1. The van der Waals surface area contributed by atoms with Crippen LogP contribution >= 0.6 is 0 Å². The normalized spacial score (nSPS) is 11.5. The smallest absolute Gasteiger partial charge is 0.332 e. The van der Waals surface area contributed by atoms with Crippen LogP contribution in [0.5, 0.6) is 6.01 Å². The van der Waals surface area contributed by atoms with Crippen molar-refractivity contribution in [1.29, 1.82) is 0 Å². The summed E-state index contributed by atoms with van der Waals surface area (Å²) < 4.78 is 10.5. The highest BCUT2D eigenvalue weighted by molar-refractivity contribution is 5.72. The third-order valence-electron chi connectivity index (χ3n) is 5.28. The molecule has 8 nitrogen and oxygen atoms in total. The third kappa shape index (κ3) is 5.07. The molecule has 3 rings (SSSR count). The van der Waals surface area contributed by atoms with E-state index in [4.69, 9.17) is 4.74 Å². The first kappa shape index (κ1) is 22.8. The fourth-order valence-electron chi connectivity index (χ4n) is 3.66.